The van der Waals surface area contributed by atoms with Crippen LogP contribution in [0.1, 0.15) is 34.6 Å². The van der Waals surface area contributed by atoms with Gasteiger partial charge in [-0.25, -0.2) is 0 Å². The lowest BCUT2D eigenvalue weighted by molar-refractivity contribution is 0.100. The van der Waals surface area contributed by atoms with Crippen LogP contribution in [0.4, 0.5) is 0 Å². The van der Waals surface area contributed by atoms with Crippen molar-refractivity contribution in [1.29, 1.82) is 0 Å². The minimum absolute atomic E-state index is 0.163. The van der Waals surface area contributed by atoms with Crippen molar-refractivity contribution in [2.45, 2.75) is 13.8 Å². The van der Waals surface area contributed by atoms with E-state index in [1.807, 2.05) is 0 Å². The van der Waals surface area contributed by atoms with Crippen LogP contribution in [-0.2, 0) is 0 Å². The summed E-state index contributed by atoms with van der Waals surface area (Å²) in [6, 6.07) is 4.76. The third kappa shape index (κ3) is 5.75. The summed E-state index contributed by atoms with van der Waals surface area (Å²) in [5, 5.41) is 1.42. The second kappa shape index (κ2) is 10.5. The van der Waals surface area contributed by atoms with Crippen molar-refractivity contribution in [2.75, 3.05) is 14.2 Å². The van der Waals surface area contributed by atoms with Crippen LogP contribution in [0.25, 0.3) is 0 Å². The molecule has 0 radical (unpaired) electrons. The summed E-state index contributed by atoms with van der Waals surface area (Å²) in [5.41, 5.74) is 0.630. The summed E-state index contributed by atoms with van der Waals surface area (Å²) in [4.78, 5) is 22.5. The fraction of sp³-hybridized carbons (Fsp3) is 0.222. The fourth-order valence-corrected chi connectivity index (χ4v) is 3.78. The highest BCUT2D eigenvalue weighted by Crippen LogP contribution is 2.39. The Kier molecular flexibility index (Phi) is 9.39. The molecule has 0 saturated carbocycles. The predicted molar refractivity (Wildman–Crippen MR) is 114 cm³/mol. The molecule has 9 heteroatoms. The molecule has 0 saturated heterocycles. The highest BCUT2D eigenvalue weighted by atomic mass is 79.9. The molecule has 0 heterocycles. The lowest BCUT2D eigenvalue weighted by Crippen LogP contribution is -2.00. The summed E-state index contributed by atoms with van der Waals surface area (Å²) in [5.74, 6) is 0.299. The SMILES string of the molecule is COc1c(Cl)cc(Br)c(Cl)c1C(C)=O.COc1c(Cl)ccc(Cl)c1C(C)=O. The quantitative estimate of drug-likeness (QED) is 0.319. The van der Waals surface area contributed by atoms with E-state index < -0.39 is 0 Å². The van der Waals surface area contributed by atoms with E-state index >= 15 is 0 Å². The van der Waals surface area contributed by atoms with E-state index in [1.54, 1.807) is 18.2 Å². The van der Waals surface area contributed by atoms with Gasteiger partial charge in [0, 0.05) is 4.47 Å². The van der Waals surface area contributed by atoms with E-state index in [1.165, 1.54) is 28.1 Å². The molecule has 0 unspecified atom stereocenters. The number of carbonyl (C=O) groups excluding carboxylic acids is 2. The Morgan fingerprint density at radius 2 is 1.26 bits per heavy atom. The van der Waals surface area contributed by atoms with Crippen molar-refractivity contribution in [2.24, 2.45) is 0 Å². The first-order valence-electron chi connectivity index (χ1n) is 7.32. The topological polar surface area (TPSA) is 52.6 Å². The van der Waals surface area contributed by atoms with Gasteiger partial charge in [0.2, 0.25) is 0 Å². The van der Waals surface area contributed by atoms with E-state index in [2.05, 4.69) is 15.9 Å². The average Bonchev–Trinajstić information content (AvgIpc) is 2.59. The standard InChI is InChI=1S/C9H7BrCl2O2.C9H8Cl2O2/c1-4(13)7-8(12)5(10)3-6(11)9(7)14-2;1-5(12)8-6(10)3-4-7(11)9(8)13-2/h3H,1-2H3;3-4H,1-2H3. The van der Waals surface area contributed by atoms with E-state index in [0.717, 1.165) is 0 Å². The second-order valence-corrected chi connectivity index (χ2v) is 7.57. The Hall–Kier alpha value is -0.980. The van der Waals surface area contributed by atoms with Gasteiger partial charge in [0.25, 0.3) is 0 Å². The summed E-state index contributed by atoms with van der Waals surface area (Å²) >= 11 is 26.7. The number of rotatable bonds is 4. The van der Waals surface area contributed by atoms with Crippen LogP contribution in [0, 0.1) is 0 Å². The van der Waals surface area contributed by atoms with Crippen LogP contribution in [0.2, 0.25) is 20.1 Å². The van der Waals surface area contributed by atoms with Gasteiger partial charge in [0.1, 0.15) is 11.5 Å². The molecule has 0 aliphatic heterocycles. The van der Waals surface area contributed by atoms with Gasteiger partial charge in [-0.1, -0.05) is 46.4 Å². The van der Waals surface area contributed by atoms with Crippen LogP contribution >= 0.6 is 62.3 Å². The number of benzene rings is 2. The molecule has 146 valence electrons. The molecule has 27 heavy (non-hydrogen) atoms. The van der Waals surface area contributed by atoms with Gasteiger partial charge < -0.3 is 9.47 Å². The molecule has 0 aliphatic carbocycles. The van der Waals surface area contributed by atoms with E-state index in [9.17, 15) is 9.59 Å². The third-order valence-electron chi connectivity index (χ3n) is 3.30. The second-order valence-electron chi connectivity index (χ2n) is 5.11. The number of hydrogen-bond donors (Lipinski definition) is 0. The highest BCUT2D eigenvalue weighted by molar-refractivity contribution is 9.10. The number of halogens is 5. The third-order valence-corrected chi connectivity index (χ3v) is 5.44. The van der Waals surface area contributed by atoms with E-state index in [4.69, 9.17) is 55.9 Å². The lowest BCUT2D eigenvalue weighted by Gasteiger charge is -2.10. The van der Waals surface area contributed by atoms with Crippen LogP contribution < -0.4 is 9.47 Å². The molecule has 2 aromatic carbocycles. The van der Waals surface area contributed by atoms with Gasteiger partial charge in [-0.3, -0.25) is 9.59 Å². The predicted octanol–water partition coefficient (Wildman–Crippen LogP) is 7.17. The molecule has 0 N–H and O–H groups in total. The molecule has 2 rings (SSSR count). The van der Waals surface area contributed by atoms with Gasteiger partial charge in [-0.05, 0) is 48.0 Å². The van der Waals surface area contributed by atoms with Crippen molar-refractivity contribution in [3.63, 3.8) is 0 Å². The molecule has 0 aromatic heterocycles. The number of Topliss-reactive ketones (excluding diaryl/α,β-unsaturated/α-hetero) is 2. The average molecular weight is 517 g/mol. The van der Waals surface area contributed by atoms with Crippen LogP contribution in [0.5, 0.6) is 11.5 Å². The van der Waals surface area contributed by atoms with E-state index in [-0.39, 0.29) is 11.6 Å². The zero-order chi connectivity index (χ0) is 20.9. The van der Waals surface area contributed by atoms with Crippen molar-refractivity contribution >= 4 is 73.9 Å². The van der Waals surface area contributed by atoms with Crippen LogP contribution in [0.3, 0.4) is 0 Å². The lowest BCUT2D eigenvalue weighted by atomic mass is 10.1. The smallest absolute Gasteiger partial charge is 0.165 e. The Morgan fingerprint density at radius 1 is 0.815 bits per heavy atom. The van der Waals surface area contributed by atoms with Gasteiger partial charge in [0.05, 0.1) is 45.4 Å². The molecule has 0 atom stereocenters. The number of carbonyl (C=O) groups is 2. The maximum atomic E-state index is 11.3. The largest absolute Gasteiger partial charge is 0.494 e. The molecule has 2 aromatic rings. The van der Waals surface area contributed by atoms with Crippen LogP contribution in [0.15, 0.2) is 22.7 Å². The summed E-state index contributed by atoms with van der Waals surface area (Å²) in [6.45, 7) is 2.83. The number of ether oxygens (including phenoxy) is 2. The molecular formula is C18H15BrCl4O4. The van der Waals surface area contributed by atoms with Gasteiger partial charge in [-0.2, -0.15) is 0 Å². The Morgan fingerprint density at radius 3 is 1.67 bits per heavy atom. The fourth-order valence-electron chi connectivity index (χ4n) is 2.15. The first kappa shape index (κ1) is 24.1. The minimum atomic E-state index is -0.185. The van der Waals surface area contributed by atoms with Gasteiger partial charge in [-0.15, -0.1) is 0 Å². The zero-order valence-electron chi connectivity index (χ0n) is 14.8. The van der Waals surface area contributed by atoms with Crippen LogP contribution in [-0.4, -0.2) is 25.8 Å². The highest BCUT2D eigenvalue weighted by Gasteiger charge is 2.19. The van der Waals surface area contributed by atoms with Crippen molar-refractivity contribution in [3.05, 3.63) is 53.9 Å². The monoisotopic (exact) mass is 514 g/mol. The minimum Gasteiger partial charge on any atom is -0.494 e. The number of hydrogen-bond acceptors (Lipinski definition) is 4. The zero-order valence-corrected chi connectivity index (χ0v) is 19.4. The normalized spacial score (nSPS) is 9.96. The van der Waals surface area contributed by atoms with Crippen molar-refractivity contribution in [3.8, 4) is 11.5 Å². The van der Waals surface area contributed by atoms with Crippen molar-refractivity contribution in [1.82, 2.24) is 0 Å². The molecule has 0 bridgehead atoms. The molecule has 0 amide bonds. The van der Waals surface area contributed by atoms with Crippen molar-refractivity contribution < 1.29 is 19.1 Å². The molecule has 0 fully saturated rings. The Bertz CT molecular complexity index is 884. The molecule has 4 nitrogen and oxygen atoms in total. The first-order valence-corrected chi connectivity index (χ1v) is 9.62. The first-order chi connectivity index (χ1) is 12.6. The molecular weight excluding hydrogens is 502 g/mol. The Balaban J connectivity index is 0.000000271. The summed E-state index contributed by atoms with van der Waals surface area (Å²) in [7, 11) is 2.89. The number of methoxy groups -OCH3 is 2. The summed E-state index contributed by atoms with van der Waals surface area (Å²) in [6.07, 6.45) is 0. The maximum Gasteiger partial charge on any atom is 0.165 e. The van der Waals surface area contributed by atoms with E-state index in [0.29, 0.717) is 47.2 Å². The summed E-state index contributed by atoms with van der Waals surface area (Å²) < 4.78 is 10.6. The molecule has 0 spiro atoms. The van der Waals surface area contributed by atoms with Gasteiger partial charge >= 0.3 is 0 Å². The maximum absolute atomic E-state index is 11.3. The molecule has 0 aliphatic rings. The number of ketones is 2. The Labute approximate surface area is 185 Å². The van der Waals surface area contributed by atoms with Gasteiger partial charge in [0.15, 0.2) is 11.6 Å².